The maximum atomic E-state index is 11.8. The molecular formula is C11H19N3O4. The molecule has 1 aliphatic heterocycles. The van der Waals surface area contributed by atoms with Crippen LogP contribution in [-0.2, 0) is 9.59 Å². The third-order valence-electron chi connectivity index (χ3n) is 2.82. The summed E-state index contributed by atoms with van der Waals surface area (Å²) in [6, 6.07) is -0.637. The SMILES string of the molecule is CCNC(=O)CNC(=O)N1CCCC1CC(=O)O. The largest absolute Gasteiger partial charge is 0.481 e. The standard InChI is InChI=1S/C11H19N3O4/c1-2-12-9(15)7-13-11(18)14-5-3-4-8(14)6-10(16)17/h8H,2-7H2,1H3,(H,12,15)(H,13,18)(H,16,17). The molecule has 3 N–H and O–H groups in total. The average molecular weight is 257 g/mol. The van der Waals surface area contributed by atoms with E-state index in [1.54, 1.807) is 6.92 Å². The summed E-state index contributed by atoms with van der Waals surface area (Å²) in [4.78, 5) is 35.1. The van der Waals surface area contributed by atoms with Crippen molar-refractivity contribution in [2.24, 2.45) is 0 Å². The summed E-state index contributed by atoms with van der Waals surface area (Å²) in [5.41, 5.74) is 0. The van der Waals surface area contributed by atoms with Gasteiger partial charge in [-0.05, 0) is 19.8 Å². The van der Waals surface area contributed by atoms with Crippen molar-refractivity contribution in [3.8, 4) is 0 Å². The Bertz CT molecular complexity index is 332. The highest BCUT2D eigenvalue weighted by atomic mass is 16.4. The molecular weight excluding hydrogens is 238 g/mol. The van der Waals surface area contributed by atoms with E-state index in [1.165, 1.54) is 4.90 Å². The topological polar surface area (TPSA) is 98.7 Å². The number of likely N-dealkylation sites (tertiary alicyclic amines) is 1. The summed E-state index contributed by atoms with van der Waals surface area (Å²) >= 11 is 0. The third-order valence-corrected chi connectivity index (χ3v) is 2.82. The molecule has 0 radical (unpaired) electrons. The Hall–Kier alpha value is -1.79. The van der Waals surface area contributed by atoms with Crippen molar-refractivity contribution in [2.45, 2.75) is 32.2 Å². The molecule has 0 aromatic rings. The fraction of sp³-hybridized carbons (Fsp3) is 0.727. The second-order valence-electron chi connectivity index (χ2n) is 4.20. The highest BCUT2D eigenvalue weighted by Gasteiger charge is 2.30. The van der Waals surface area contributed by atoms with E-state index < -0.39 is 5.97 Å². The van der Waals surface area contributed by atoms with E-state index in [1.807, 2.05) is 0 Å². The van der Waals surface area contributed by atoms with Crippen LogP contribution in [0.5, 0.6) is 0 Å². The van der Waals surface area contributed by atoms with E-state index in [4.69, 9.17) is 5.11 Å². The molecule has 1 aliphatic rings. The highest BCUT2D eigenvalue weighted by Crippen LogP contribution is 2.19. The first kappa shape index (κ1) is 14.3. The number of nitrogens with one attached hydrogen (secondary N) is 2. The second kappa shape index (κ2) is 6.83. The zero-order valence-corrected chi connectivity index (χ0v) is 10.4. The summed E-state index contributed by atoms with van der Waals surface area (Å²) in [7, 11) is 0. The number of carbonyl (C=O) groups excluding carboxylic acids is 2. The summed E-state index contributed by atoms with van der Waals surface area (Å²) in [6.45, 7) is 2.77. The lowest BCUT2D eigenvalue weighted by atomic mass is 10.1. The van der Waals surface area contributed by atoms with E-state index in [9.17, 15) is 14.4 Å². The molecule has 0 spiro atoms. The molecule has 0 aromatic carbocycles. The van der Waals surface area contributed by atoms with Gasteiger partial charge >= 0.3 is 12.0 Å². The molecule has 1 fully saturated rings. The predicted octanol–water partition coefficient (Wildman–Crippen LogP) is -0.229. The van der Waals surface area contributed by atoms with Crippen LogP contribution in [0.1, 0.15) is 26.2 Å². The highest BCUT2D eigenvalue weighted by molar-refractivity contribution is 5.84. The molecule has 1 rings (SSSR count). The van der Waals surface area contributed by atoms with Gasteiger partial charge < -0.3 is 20.6 Å². The number of urea groups is 1. The maximum absolute atomic E-state index is 11.8. The summed E-state index contributed by atoms with van der Waals surface area (Å²) in [5, 5.41) is 13.8. The molecule has 0 bridgehead atoms. The van der Waals surface area contributed by atoms with Gasteiger partial charge in [0.05, 0.1) is 13.0 Å². The lowest BCUT2D eigenvalue weighted by Crippen LogP contribution is -2.46. The molecule has 18 heavy (non-hydrogen) atoms. The van der Waals surface area contributed by atoms with Crippen LogP contribution in [0.2, 0.25) is 0 Å². The van der Waals surface area contributed by atoms with Crippen LogP contribution < -0.4 is 10.6 Å². The number of hydrogen-bond donors (Lipinski definition) is 3. The van der Waals surface area contributed by atoms with Gasteiger partial charge in [0.1, 0.15) is 0 Å². The van der Waals surface area contributed by atoms with Gasteiger partial charge in [-0.25, -0.2) is 4.79 Å². The molecule has 1 atom stereocenters. The fourth-order valence-electron chi connectivity index (χ4n) is 2.03. The number of hydrogen-bond acceptors (Lipinski definition) is 3. The first-order valence-electron chi connectivity index (χ1n) is 6.07. The van der Waals surface area contributed by atoms with E-state index in [2.05, 4.69) is 10.6 Å². The quantitative estimate of drug-likeness (QED) is 0.633. The monoisotopic (exact) mass is 257 g/mol. The van der Waals surface area contributed by atoms with E-state index in [-0.39, 0.29) is 30.9 Å². The van der Waals surface area contributed by atoms with Gasteiger partial charge in [-0.3, -0.25) is 9.59 Å². The van der Waals surface area contributed by atoms with E-state index in [0.29, 0.717) is 19.5 Å². The van der Waals surface area contributed by atoms with Gasteiger partial charge in [0.15, 0.2) is 0 Å². The molecule has 0 saturated carbocycles. The molecule has 0 aromatic heterocycles. The Morgan fingerprint density at radius 1 is 1.33 bits per heavy atom. The first-order chi connectivity index (χ1) is 8.54. The van der Waals surface area contributed by atoms with Crippen LogP contribution in [0.15, 0.2) is 0 Å². The van der Waals surface area contributed by atoms with Crippen LogP contribution in [0.4, 0.5) is 4.79 Å². The van der Waals surface area contributed by atoms with Crippen molar-refractivity contribution in [1.82, 2.24) is 15.5 Å². The van der Waals surface area contributed by atoms with Gasteiger partial charge in [0, 0.05) is 19.1 Å². The summed E-state index contributed by atoms with van der Waals surface area (Å²) in [6.07, 6.45) is 1.45. The Kier molecular flexibility index (Phi) is 5.41. The first-order valence-corrected chi connectivity index (χ1v) is 6.07. The maximum Gasteiger partial charge on any atom is 0.318 e. The van der Waals surface area contributed by atoms with Crippen molar-refractivity contribution in [3.63, 3.8) is 0 Å². The molecule has 1 saturated heterocycles. The molecule has 3 amide bonds. The van der Waals surface area contributed by atoms with E-state index >= 15 is 0 Å². The van der Waals surface area contributed by atoms with Crippen LogP contribution >= 0.6 is 0 Å². The Morgan fingerprint density at radius 3 is 2.67 bits per heavy atom. The van der Waals surface area contributed by atoms with Crippen LogP contribution in [0, 0.1) is 0 Å². The van der Waals surface area contributed by atoms with Crippen molar-refractivity contribution in [1.29, 1.82) is 0 Å². The van der Waals surface area contributed by atoms with Gasteiger partial charge in [0.25, 0.3) is 0 Å². The van der Waals surface area contributed by atoms with Gasteiger partial charge in [-0.1, -0.05) is 0 Å². The average Bonchev–Trinajstić information content (AvgIpc) is 2.73. The number of aliphatic carboxylic acids is 1. The van der Waals surface area contributed by atoms with Gasteiger partial charge in [-0.15, -0.1) is 0 Å². The minimum absolute atomic E-state index is 0.0470. The van der Waals surface area contributed by atoms with E-state index in [0.717, 1.165) is 6.42 Å². The zero-order valence-electron chi connectivity index (χ0n) is 10.4. The number of nitrogens with zero attached hydrogens (tertiary/aromatic N) is 1. The molecule has 102 valence electrons. The van der Waals surface area contributed by atoms with Crippen LogP contribution in [0.25, 0.3) is 0 Å². The van der Waals surface area contributed by atoms with Crippen molar-refractivity contribution in [2.75, 3.05) is 19.6 Å². The molecule has 7 nitrogen and oxygen atoms in total. The summed E-state index contributed by atoms with van der Waals surface area (Å²) in [5.74, 6) is -1.16. The van der Waals surface area contributed by atoms with Gasteiger partial charge in [0.2, 0.25) is 5.91 Å². The van der Waals surface area contributed by atoms with Crippen molar-refractivity contribution in [3.05, 3.63) is 0 Å². The number of carboxylic acid groups (broad SMARTS) is 1. The second-order valence-corrected chi connectivity index (χ2v) is 4.20. The molecule has 1 heterocycles. The zero-order chi connectivity index (χ0) is 13.5. The number of carbonyl (C=O) groups is 3. The minimum atomic E-state index is -0.913. The van der Waals surface area contributed by atoms with Crippen molar-refractivity contribution >= 4 is 17.9 Å². The Balaban J connectivity index is 2.40. The molecule has 1 unspecified atom stereocenters. The lowest BCUT2D eigenvalue weighted by molar-refractivity contribution is -0.138. The van der Waals surface area contributed by atoms with Crippen molar-refractivity contribution < 1.29 is 19.5 Å². The van der Waals surface area contributed by atoms with Gasteiger partial charge in [-0.2, -0.15) is 0 Å². The number of likely N-dealkylation sites (N-methyl/N-ethyl adjacent to an activating group) is 1. The number of rotatable bonds is 5. The van der Waals surface area contributed by atoms with Crippen LogP contribution in [-0.4, -0.2) is 53.6 Å². The summed E-state index contributed by atoms with van der Waals surface area (Å²) < 4.78 is 0. The third kappa shape index (κ3) is 4.23. The smallest absolute Gasteiger partial charge is 0.318 e. The Labute approximate surface area is 106 Å². The number of amides is 3. The molecule has 0 aliphatic carbocycles. The minimum Gasteiger partial charge on any atom is -0.481 e. The fourth-order valence-corrected chi connectivity index (χ4v) is 2.03. The number of carboxylic acids is 1. The molecule has 7 heteroatoms. The Morgan fingerprint density at radius 2 is 2.06 bits per heavy atom. The lowest BCUT2D eigenvalue weighted by Gasteiger charge is -2.23. The normalized spacial score (nSPS) is 18.5. The van der Waals surface area contributed by atoms with Crippen LogP contribution in [0.3, 0.4) is 0 Å². The predicted molar refractivity (Wildman–Crippen MR) is 64.1 cm³/mol.